The second-order valence-electron chi connectivity index (χ2n) is 5.71. The molecule has 0 bridgehead atoms. The van der Waals surface area contributed by atoms with E-state index in [4.69, 9.17) is 4.42 Å². The number of thiazole rings is 1. The van der Waals surface area contributed by atoms with E-state index in [1.807, 2.05) is 18.2 Å². The van der Waals surface area contributed by atoms with Gasteiger partial charge in [-0.1, -0.05) is 18.2 Å². The van der Waals surface area contributed by atoms with E-state index < -0.39 is 5.63 Å². The molecule has 28 heavy (non-hydrogen) atoms. The minimum Gasteiger partial charge on any atom is -0.422 e. The van der Waals surface area contributed by atoms with Crippen molar-refractivity contribution in [2.75, 3.05) is 5.43 Å². The highest BCUT2D eigenvalue weighted by molar-refractivity contribution is 7.12. The van der Waals surface area contributed by atoms with Crippen LogP contribution in [-0.4, -0.2) is 10.7 Å². The molecule has 0 aliphatic heterocycles. The zero-order valence-electron chi connectivity index (χ0n) is 14.2. The molecule has 136 valence electrons. The normalized spacial score (nSPS) is 11.4. The lowest BCUT2D eigenvalue weighted by Gasteiger charge is -2.00. The largest absolute Gasteiger partial charge is 0.422 e. The second kappa shape index (κ2) is 7.42. The molecule has 8 heteroatoms. The number of para-hydroxylation sites is 1. The number of fused-ring (bicyclic) bond motifs is 1. The lowest BCUT2D eigenvalue weighted by Crippen LogP contribution is -2.04. The molecule has 0 amide bonds. The van der Waals surface area contributed by atoms with Crippen LogP contribution in [0.5, 0.6) is 0 Å². The average Bonchev–Trinajstić information content (AvgIpc) is 3.19. The van der Waals surface area contributed by atoms with Crippen LogP contribution in [0.3, 0.4) is 0 Å². The first kappa shape index (κ1) is 17.6. The molecule has 2 heterocycles. The molecule has 6 nitrogen and oxygen atoms in total. The summed E-state index contributed by atoms with van der Waals surface area (Å²) >= 11 is 1.18. The minimum absolute atomic E-state index is 0.0470. The molecule has 0 aliphatic carbocycles. The second-order valence-corrected chi connectivity index (χ2v) is 6.57. The summed E-state index contributed by atoms with van der Waals surface area (Å²) in [5.74, 6) is -0.367. The smallest absolute Gasteiger partial charge is 0.345 e. The van der Waals surface area contributed by atoms with Crippen LogP contribution in [0.4, 0.5) is 10.1 Å². The van der Waals surface area contributed by atoms with Gasteiger partial charge in [-0.2, -0.15) is 10.4 Å². The van der Waals surface area contributed by atoms with Crippen molar-refractivity contribution in [3.8, 4) is 17.3 Å². The number of nitrogens with zero attached hydrogens (tertiary/aromatic N) is 3. The number of hydrazone groups is 1. The number of rotatable bonds is 4. The van der Waals surface area contributed by atoms with Gasteiger partial charge in [0.05, 0.1) is 16.9 Å². The summed E-state index contributed by atoms with van der Waals surface area (Å²) < 4.78 is 18.3. The van der Waals surface area contributed by atoms with Gasteiger partial charge in [0.25, 0.3) is 0 Å². The van der Waals surface area contributed by atoms with Gasteiger partial charge in [-0.3, -0.25) is 5.43 Å². The maximum atomic E-state index is 13.0. The zero-order chi connectivity index (χ0) is 19.5. The fourth-order valence-corrected chi connectivity index (χ4v) is 3.27. The van der Waals surface area contributed by atoms with E-state index in [2.05, 4.69) is 15.5 Å². The van der Waals surface area contributed by atoms with Crippen molar-refractivity contribution in [2.24, 2.45) is 5.10 Å². The van der Waals surface area contributed by atoms with Crippen LogP contribution in [0.25, 0.3) is 22.2 Å². The van der Waals surface area contributed by atoms with E-state index in [-0.39, 0.29) is 11.5 Å². The van der Waals surface area contributed by atoms with E-state index >= 15 is 0 Å². The van der Waals surface area contributed by atoms with Gasteiger partial charge in [-0.25, -0.2) is 14.2 Å². The van der Waals surface area contributed by atoms with E-state index in [9.17, 15) is 14.4 Å². The van der Waals surface area contributed by atoms with Crippen molar-refractivity contribution in [3.63, 3.8) is 0 Å². The Labute approximate surface area is 162 Å². The van der Waals surface area contributed by atoms with E-state index in [1.54, 1.807) is 23.6 Å². The summed E-state index contributed by atoms with van der Waals surface area (Å²) in [5, 5.41) is 16.2. The lowest BCUT2D eigenvalue weighted by molar-refractivity contribution is 0.563. The number of benzene rings is 2. The first-order valence-corrected chi connectivity index (χ1v) is 9.00. The van der Waals surface area contributed by atoms with Crippen LogP contribution in [-0.2, 0) is 0 Å². The van der Waals surface area contributed by atoms with E-state index in [0.29, 0.717) is 27.5 Å². The monoisotopic (exact) mass is 390 g/mol. The van der Waals surface area contributed by atoms with Crippen molar-refractivity contribution in [1.82, 2.24) is 4.98 Å². The molecule has 0 fully saturated rings. The molecule has 1 N–H and O–H groups in total. The van der Waals surface area contributed by atoms with Gasteiger partial charge in [0.2, 0.25) is 0 Å². The summed E-state index contributed by atoms with van der Waals surface area (Å²) in [4.78, 5) is 16.6. The fraction of sp³-hybridized carbons (Fsp3) is 0. The van der Waals surface area contributed by atoms with E-state index in [1.165, 1.54) is 35.6 Å². The molecular formula is C20H11FN4O2S. The average molecular weight is 390 g/mol. The van der Waals surface area contributed by atoms with Gasteiger partial charge in [0.1, 0.15) is 17.5 Å². The minimum atomic E-state index is -0.504. The highest BCUT2D eigenvalue weighted by atomic mass is 32.1. The predicted octanol–water partition coefficient (Wildman–Crippen LogP) is 4.40. The van der Waals surface area contributed by atoms with Gasteiger partial charge in [-0.05, 0) is 36.4 Å². The van der Waals surface area contributed by atoms with E-state index in [0.717, 1.165) is 5.39 Å². The molecule has 4 aromatic rings. The Morgan fingerprint density at radius 2 is 2.00 bits per heavy atom. The van der Waals surface area contributed by atoms with Crippen LogP contribution in [0.1, 0.15) is 5.01 Å². The van der Waals surface area contributed by atoms with Gasteiger partial charge in [0, 0.05) is 10.8 Å². The van der Waals surface area contributed by atoms with Gasteiger partial charge < -0.3 is 4.42 Å². The third kappa shape index (κ3) is 3.51. The maximum absolute atomic E-state index is 13.0. The third-order valence-electron chi connectivity index (χ3n) is 3.87. The molecule has 0 saturated heterocycles. The Morgan fingerprint density at radius 1 is 1.21 bits per heavy atom. The third-order valence-corrected chi connectivity index (χ3v) is 4.72. The lowest BCUT2D eigenvalue weighted by atomic mass is 10.1. The molecule has 0 radical (unpaired) electrons. The van der Waals surface area contributed by atoms with Crippen molar-refractivity contribution in [3.05, 3.63) is 81.2 Å². The number of halogens is 1. The van der Waals surface area contributed by atoms with Crippen molar-refractivity contribution in [1.29, 1.82) is 5.26 Å². The Balaban J connectivity index is 1.65. The molecule has 0 saturated carbocycles. The van der Waals surface area contributed by atoms with Crippen molar-refractivity contribution >= 4 is 33.7 Å². The Morgan fingerprint density at radius 3 is 2.79 bits per heavy atom. The summed E-state index contributed by atoms with van der Waals surface area (Å²) in [7, 11) is 0. The molecule has 0 aliphatic rings. The number of hydrogen-bond donors (Lipinski definition) is 1. The molecular weight excluding hydrogens is 379 g/mol. The first-order valence-electron chi connectivity index (χ1n) is 8.12. The Kier molecular flexibility index (Phi) is 4.66. The summed E-state index contributed by atoms with van der Waals surface area (Å²) in [6.07, 6.45) is 0. The molecule has 2 aromatic carbocycles. The van der Waals surface area contributed by atoms with Crippen LogP contribution in [0.2, 0.25) is 0 Å². The topological polar surface area (TPSA) is 91.3 Å². The van der Waals surface area contributed by atoms with Crippen LogP contribution in [0.15, 0.2) is 74.3 Å². The molecule has 0 unspecified atom stereocenters. The standard InChI is InChI=1S/C20H11FN4O2S/c21-13-5-7-14(8-6-13)24-25-16(10-22)19-23-17(11-28-19)15-9-12-3-1-2-4-18(12)27-20(15)26/h1-9,11,24H/b25-16-. The number of aromatic nitrogens is 1. The molecule has 4 rings (SSSR count). The number of anilines is 1. The maximum Gasteiger partial charge on any atom is 0.345 e. The first-order chi connectivity index (χ1) is 13.6. The molecule has 0 spiro atoms. The highest BCUT2D eigenvalue weighted by Gasteiger charge is 2.14. The number of nitrogens with one attached hydrogen (secondary N) is 1. The summed E-state index contributed by atoms with van der Waals surface area (Å²) in [6.45, 7) is 0. The highest BCUT2D eigenvalue weighted by Crippen LogP contribution is 2.23. The predicted molar refractivity (Wildman–Crippen MR) is 106 cm³/mol. The quantitative estimate of drug-likeness (QED) is 0.317. The van der Waals surface area contributed by atoms with Crippen molar-refractivity contribution in [2.45, 2.75) is 0 Å². The molecule has 0 atom stereocenters. The van der Waals surface area contributed by atoms with Crippen LogP contribution < -0.4 is 11.1 Å². The van der Waals surface area contributed by atoms with Crippen molar-refractivity contribution < 1.29 is 8.81 Å². The zero-order valence-corrected chi connectivity index (χ0v) is 15.0. The number of hydrogen-bond acceptors (Lipinski definition) is 7. The van der Waals surface area contributed by atoms with Crippen LogP contribution in [0, 0.1) is 17.1 Å². The molecule has 2 aromatic heterocycles. The fourth-order valence-electron chi connectivity index (χ4n) is 2.51. The number of nitriles is 1. The van der Waals surface area contributed by atoms with Gasteiger partial charge in [0.15, 0.2) is 10.7 Å². The van der Waals surface area contributed by atoms with Gasteiger partial charge >= 0.3 is 5.63 Å². The summed E-state index contributed by atoms with van der Waals surface area (Å²) in [5.41, 5.74) is 3.97. The summed E-state index contributed by atoms with van der Waals surface area (Å²) in [6, 6.07) is 16.4. The van der Waals surface area contributed by atoms with Gasteiger partial charge in [-0.15, -0.1) is 11.3 Å². The Hall–Kier alpha value is -3.83. The Bertz CT molecular complexity index is 1290. The SMILES string of the molecule is N#C/C(=N/Nc1ccc(F)cc1)c1nc(-c2cc3ccccc3oc2=O)cs1. The van der Waals surface area contributed by atoms with Crippen LogP contribution >= 0.6 is 11.3 Å².